The number of hydrogen-bond acceptors (Lipinski definition) is 7. The number of rotatable bonds is 4. The van der Waals surface area contributed by atoms with E-state index in [1.807, 2.05) is 33.2 Å². The van der Waals surface area contributed by atoms with Gasteiger partial charge in [0.15, 0.2) is 11.5 Å². The van der Waals surface area contributed by atoms with Crippen molar-refractivity contribution in [3.63, 3.8) is 0 Å². The van der Waals surface area contributed by atoms with Gasteiger partial charge in [-0.15, -0.1) is 0 Å². The molecular weight excluding hydrogens is 428 g/mol. The number of nitrogens with zero attached hydrogens (tertiary/aromatic N) is 6. The van der Waals surface area contributed by atoms with Gasteiger partial charge in [-0.05, 0) is 44.2 Å². The van der Waals surface area contributed by atoms with E-state index in [1.54, 1.807) is 4.68 Å². The van der Waals surface area contributed by atoms with Gasteiger partial charge in [-0.1, -0.05) is 17.7 Å². The van der Waals surface area contributed by atoms with Gasteiger partial charge in [-0.25, -0.2) is 9.97 Å². The number of nitrogens with two attached hydrogens (primary N) is 1. The molecule has 0 bridgehead atoms. The average Bonchev–Trinajstić information content (AvgIpc) is 3.33. The summed E-state index contributed by atoms with van der Waals surface area (Å²) in [4.78, 5) is 11.7. The Morgan fingerprint density at radius 1 is 1.31 bits per heavy atom. The Hall–Kier alpha value is -2.75. The lowest BCUT2D eigenvalue weighted by atomic mass is 9.91. The zero-order valence-electron chi connectivity index (χ0n) is 18.4. The zero-order valence-corrected chi connectivity index (χ0v) is 19.2. The standard InChI is InChI=1S/C22H27ClN8O/c1-11-14(7-8-15-17(11)20(23)31(3)29-15)18-19-21(28-27-18)26-22(16(10-32)25-19)30(2)13-6-4-5-12(24)9-13/h7-8,12-13,32H,4-6,9-10,24H2,1-3H3,(H,26,27,28)/t12-,13-/m1/s1. The maximum absolute atomic E-state index is 10.1. The lowest BCUT2D eigenvalue weighted by Gasteiger charge is -2.35. The predicted octanol–water partition coefficient (Wildman–Crippen LogP) is 3.07. The molecule has 1 fully saturated rings. The van der Waals surface area contributed by atoms with Crippen molar-refractivity contribution in [3.05, 3.63) is 28.5 Å². The summed E-state index contributed by atoms with van der Waals surface area (Å²) < 4.78 is 1.66. The van der Waals surface area contributed by atoms with Crippen molar-refractivity contribution in [3.8, 4) is 11.3 Å². The van der Waals surface area contributed by atoms with Gasteiger partial charge in [-0.3, -0.25) is 9.78 Å². The van der Waals surface area contributed by atoms with E-state index < -0.39 is 0 Å². The maximum atomic E-state index is 10.1. The molecule has 9 nitrogen and oxygen atoms in total. The topological polar surface area (TPSA) is 122 Å². The Balaban J connectivity index is 1.61. The SMILES string of the molecule is Cc1c(-c2n[nH]c3nc(N(C)[C@@H]4CCC[C@@H](N)C4)c(CO)nc23)ccc2nn(C)c(Cl)c12. The first-order chi connectivity index (χ1) is 15.4. The third kappa shape index (κ3) is 3.32. The first-order valence-corrected chi connectivity index (χ1v) is 11.2. The van der Waals surface area contributed by atoms with E-state index in [0.29, 0.717) is 33.5 Å². The van der Waals surface area contributed by atoms with Crippen molar-refractivity contribution >= 4 is 39.5 Å². The third-order valence-corrected chi connectivity index (χ3v) is 7.04. The smallest absolute Gasteiger partial charge is 0.177 e. The van der Waals surface area contributed by atoms with Crippen LogP contribution in [0.3, 0.4) is 0 Å². The van der Waals surface area contributed by atoms with E-state index in [1.165, 1.54) is 0 Å². The largest absolute Gasteiger partial charge is 0.390 e. The highest BCUT2D eigenvalue weighted by Gasteiger charge is 2.27. The average molecular weight is 455 g/mol. The second kappa shape index (κ2) is 7.99. The molecule has 168 valence electrons. The molecule has 0 amide bonds. The van der Waals surface area contributed by atoms with E-state index in [4.69, 9.17) is 27.3 Å². The molecule has 10 heteroatoms. The van der Waals surface area contributed by atoms with Crippen molar-refractivity contribution < 1.29 is 5.11 Å². The minimum atomic E-state index is -0.210. The summed E-state index contributed by atoms with van der Waals surface area (Å²) in [6.07, 6.45) is 4.10. The summed E-state index contributed by atoms with van der Waals surface area (Å²) in [6.45, 7) is 1.79. The zero-order chi connectivity index (χ0) is 22.6. The number of H-pyrrole nitrogens is 1. The van der Waals surface area contributed by atoms with E-state index in [2.05, 4.69) is 20.2 Å². The van der Waals surface area contributed by atoms with Crippen molar-refractivity contribution in [1.82, 2.24) is 29.9 Å². The van der Waals surface area contributed by atoms with Crippen LogP contribution in [-0.2, 0) is 13.7 Å². The number of aliphatic hydroxyl groups excluding tert-OH is 1. The molecule has 3 heterocycles. The molecule has 0 spiro atoms. The fourth-order valence-corrected chi connectivity index (χ4v) is 5.11. The molecular formula is C22H27ClN8O. The van der Waals surface area contributed by atoms with Crippen LogP contribution in [0, 0.1) is 6.92 Å². The minimum absolute atomic E-state index is 0.196. The highest BCUT2D eigenvalue weighted by molar-refractivity contribution is 6.35. The van der Waals surface area contributed by atoms with Gasteiger partial charge in [0.1, 0.15) is 22.1 Å². The van der Waals surface area contributed by atoms with Gasteiger partial charge >= 0.3 is 0 Å². The van der Waals surface area contributed by atoms with Crippen molar-refractivity contribution in [1.29, 1.82) is 0 Å². The lowest BCUT2D eigenvalue weighted by Crippen LogP contribution is -2.41. The van der Waals surface area contributed by atoms with Crippen LogP contribution in [0.2, 0.25) is 5.15 Å². The van der Waals surface area contributed by atoms with Crippen LogP contribution in [-0.4, -0.2) is 54.2 Å². The Morgan fingerprint density at radius 2 is 2.12 bits per heavy atom. The number of aliphatic hydroxyl groups is 1. The summed E-state index contributed by atoms with van der Waals surface area (Å²) in [7, 11) is 3.82. The Kier molecular flexibility index (Phi) is 5.27. The molecule has 1 aliphatic rings. The Morgan fingerprint density at radius 3 is 2.88 bits per heavy atom. The number of aryl methyl sites for hydroxylation is 2. The lowest BCUT2D eigenvalue weighted by molar-refractivity contribution is 0.276. The van der Waals surface area contributed by atoms with Crippen LogP contribution in [0.4, 0.5) is 5.82 Å². The molecule has 1 aliphatic carbocycles. The van der Waals surface area contributed by atoms with Crippen LogP contribution in [0.1, 0.15) is 36.9 Å². The van der Waals surface area contributed by atoms with Gasteiger partial charge in [0.2, 0.25) is 0 Å². The minimum Gasteiger partial charge on any atom is -0.390 e. The number of halogens is 1. The van der Waals surface area contributed by atoms with Crippen molar-refractivity contribution in [2.24, 2.45) is 12.8 Å². The molecule has 3 aromatic heterocycles. The summed E-state index contributed by atoms with van der Waals surface area (Å²) >= 11 is 6.48. The molecule has 0 unspecified atom stereocenters. The van der Waals surface area contributed by atoms with E-state index >= 15 is 0 Å². The summed E-state index contributed by atoms with van der Waals surface area (Å²) in [5.74, 6) is 0.664. The van der Waals surface area contributed by atoms with E-state index in [-0.39, 0.29) is 18.7 Å². The number of aromatic nitrogens is 6. The monoisotopic (exact) mass is 454 g/mol. The highest BCUT2D eigenvalue weighted by atomic mass is 35.5. The Bertz CT molecular complexity index is 1310. The number of hydrogen-bond donors (Lipinski definition) is 3. The van der Waals surface area contributed by atoms with Crippen LogP contribution in [0.15, 0.2) is 12.1 Å². The van der Waals surface area contributed by atoms with Gasteiger partial charge in [0.05, 0.1) is 12.1 Å². The molecule has 1 aromatic carbocycles. The fourth-order valence-electron chi connectivity index (χ4n) is 4.83. The molecule has 2 atom stereocenters. The van der Waals surface area contributed by atoms with Crippen LogP contribution < -0.4 is 10.6 Å². The number of anilines is 1. The summed E-state index contributed by atoms with van der Waals surface area (Å²) in [6, 6.07) is 4.37. The second-order valence-corrected chi connectivity index (χ2v) is 9.02. The number of aromatic amines is 1. The normalized spacial score (nSPS) is 19.2. The van der Waals surface area contributed by atoms with E-state index in [9.17, 15) is 5.11 Å². The Labute approximate surface area is 190 Å². The first kappa shape index (κ1) is 21.1. The molecule has 1 saturated carbocycles. The number of nitrogens with one attached hydrogen (secondary N) is 1. The second-order valence-electron chi connectivity index (χ2n) is 8.66. The van der Waals surface area contributed by atoms with E-state index in [0.717, 1.165) is 47.7 Å². The highest BCUT2D eigenvalue weighted by Crippen LogP contribution is 2.36. The number of fused-ring (bicyclic) bond motifs is 2. The van der Waals surface area contributed by atoms with Crippen LogP contribution >= 0.6 is 11.6 Å². The fraction of sp³-hybridized carbons (Fsp3) is 0.455. The quantitative estimate of drug-likeness (QED) is 0.433. The summed E-state index contributed by atoms with van der Waals surface area (Å²) in [5.41, 5.74) is 11.3. The maximum Gasteiger partial charge on any atom is 0.177 e. The third-order valence-electron chi connectivity index (χ3n) is 6.61. The molecule has 0 saturated heterocycles. The van der Waals surface area contributed by atoms with Gasteiger partial charge in [0.25, 0.3) is 0 Å². The van der Waals surface area contributed by atoms with Gasteiger partial charge in [-0.2, -0.15) is 10.2 Å². The van der Waals surface area contributed by atoms with Gasteiger partial charge < -0.3 is 15.7 Å². The number of benzene rings is 1. The van der Waals surface area contributed by atoms with Crippen LogP contribution in [0.5, 0.6) is 0 Å². The molecule has 0 aliphatic heterocycles. The van der Waals surface area contributed by atoms with Crippen molar-refractivity contribution in [2.75, 3.05) is 11.9 Å². The van der Waals surface area contributed by atoms with Crippen LogP contribution in [0.25, 0.3) is 33.3 Å². The molecule has 0 radical (unpaired) electrons. The molecule has 5 rings (SSSR count). The molecule has 4 N–H and O–H groups in total. The summed E-state index contributed by atoms with van der Waals surface area (Å²) in [5, 5.41) is 23.6. The molecule has 4 aromatic rings. The van der Waals surface area contributed by atoms with Crippen molar-refractivity contribution in [2.45, 2.75) is 51.3 Å². The predicted molar refractivity (Wildman–Crippen MR) is 126 cm³/mol. The van der Waals surface area contributed by atoms with Gasteiger partial charge in [0, 0.05) is 37.1 Å². The molecule has 32 heavy (non-hydrogen) atoms. The first-order valence-electron chi connectivity index (χ1n) is 10.9.